The van der Waals surface area contributed by atoms with Gasteiger partial charge in [0, 0.05) is 44.9 Å². The van der Waals surface area contributed by atoms with Gasteiger partial charge in [0.15, 0.2) is 0 Å². The highest BCUT2D eigenvalue weighted by Crippen LogP contribution is 2.64. The lowest BCUT2D eigenvalue weighted by Crippen LogP contribution is -2.26. The van der Waals surface area contributed by atoms with Gasteiger partial charge in [-0.3, -0.25) is 0 Å². The van der Waals surface area contributed by atoms with Gasteiger partial charge in [0.1, 0.15) is 0 Å². The van der Waals surface area contributed by atoms with E-state index in [0.717, 1.165) is 89.1 Å². The lowest BCUT2D eigenvalue weighted by Gasteiger charge is -2.33. The molecule has 0 fully saturated rings. The summed E-state index contributed by atoms with van der Waals surface area (Å²) in [5, 5.41) is 1.87. The summed E-state index contributed by atoms with van der Waals surface area (Å²) in [5.74, 6) is 0. The van der Waals surface area contributed by atoms with Crippen LogP contribution >= 0.6 is 0 Å². The van der Waals surface area contributed by atoms with E-state index in [2.05, 4.69) is 173 Å². The third-order valence-electron chi connectivity index (χ3n) is 13.2. The molecule has 0 amide bonds. The van der Waals surface area contributed by atoms with Crippen LogP contribution in [0.15, 0.2) is 249 Å². The van der Waals surface area contributed by atoms with E-state index in [1.54, 1.807) is 0 Å². The molecule has 0 saturated heterocycles. The molecular formula is C61H41N3. The van der Waals surface area contributed by atoms with Crippen molar-refractivity contribution in [1.29, 1.82) is 0 Å². The number of fused-ring (bicyclic) bond motifs is 13. The van der Waals surface area contributed by atoms with Gasteiger partial charge < -0.3 is 14.4 Å². The van der Waals surface area contributed by atoms with Crippen molar-refractivity contribution in [3.05, 3.63) is 271 Å². The Morgan fingerprint density at radius 3 is 1.48 bits per heavy atom. The van der Waals surface area contributed by atoms with Crippen LogP contribution in [-0.4, -0.2) is 4.57 Å². The van der Waals surface area contributed by atoms with Crippen LogP contribution in [0.5, 0.6) is 0 Å². The number of hydrogen-bond donors (Lipinski definition) is 0. The number of hydrogen-bond acceptors (Lipinski definition) is 2. The molecule has 0 aliphatic heterocycles. The quantitative estimate of drug-likeness (QED) is 0.159. The van der Waals surface area contributed by atoms with Gasteiger partial charge in [0.25, 0.3) is 0 Å². The van der Waals surface area contributed by atoms with Crippen molar-refractivity contribution in [2.75, 3.05) is 9.80 Å². The van der Waals surface area contributed by atoms with Crippen molar-refractivity contribution in [1.82, 2.24) is 4.57 Å². The standard InChI is InChI=1S/C61H41N3/c1-5-20-42(21-6-1)62(43-22-7-2-8-23-43)46-36-38-50-48-28-13-16-31-53(48)61(55(50)40-46)54-32-17-14-29-49(54)51-39-37-47(41-56(51)61)63(44-24-9-3-10-25-44)58-34-19-35-59-60(58)52-30-15-18-33-57(52)64(59)45-26-11-4-12-27-45/h1-41H/i3D,9D,10D,24D,25D. The molecule has 300 valence electrons. The van der Waals surface area contributed by atoms with Crippen LogP contribution in [0.25, 0.3) is 49.7 Å². The fourth-order valence-electron chi connectivity index (χ4n) is 10.8. The fourth-order valence-corrected chi connectivity index (χ4v) is 10.8. The Kier molecular flexibility index (Phi) is 7.04. The van der Waals surface area contributed by atoms with Gasteiger partial charge in [-0.05, 0) is 135 Å². The predicted molar refractivity (Wildman–Crippen MR) is 266 cm³/mol. The SMILES string of the molecule is [2H]c1c([2H])c([2H])c(N(c2ccc3c(c2)C2(c4ccccc4-c4ccc(N(c5ccccc5)c5ccccc5)cc42)c2ccccc2-3)c2cccc3c2c2ccccc2n3-c2ccccc2)c([2H])c1[2H]. The fraction of sp³-hybridized carbons (Fsp3) is 0.0164. The zero-order valence-electron chi connectivity index (χ0n) is 39.6. The Hall–Kier alpha value is -8.40. The highest BCUT2D eigenvalue weighted by Gasteiger charge is 2.52. The second-order valence-electron chi connectivity index (χ2n) is 16.5. The minimum Gasteiger partial charge on any atom is -0.310 e. The summed E-state index contributed by atoms with van der Waals surface area (Å²) in [5.41, 5.74) is 15.7. The molecule has 2 aliphatic carbocycles. The molecule has 0 saturated carbocycles. The summed E-state index contributed by atoms with van der Waals surface area (Å²) in [6.45, 7) is 0. The van der Waals surface area contributed by atoms with E-state index < -0.39 is 23.5 Å². The Bertz CT molecular complexity index is 3790. The maximum absolute atomic E-state index is 9.57. The van der Waals surface area contributed by atoms with Crippen molar-refractivity contribution < 1.29 is 6.85 Å². The summed E-state index contributed by atoms with van der Waals surface area (Å²) < 4.78 is 48.1. The summed E-state index contributed by atoms with van der Waals surface area (Å²) in [4.78, 5) is 4.22. The zero-order valence-corrected chi connectivity index (χ0v) is 34.6. The van der Waals surface area contributed by atoms with Gasteiger partial charge in [-0.1, -0.05) is 158 Å². The lowest BCUT2D eigenvalue weighted by molar-refractivity contribution is 0.793. The number of para-hydroxylation sites is 5. The zero-order chi connectivity index (χ0) is 46.5. The summed E-state index contributed by atoms with van der Waals surface area (Å²) in [6, 6.07) is 74.4. The molecule has 1 aromatic heterocycles. The molecule has 10 aromatic carbocycles. The third kappa shape index (κ3) is 5.22. The van der Waals surface area contributed by atoms with Crippen molar-refractivity contribution in [3.8, 4) is 27.9 Å². The van der Waals surface area contributed by atoms with Gasteiger partial charge in [0.05, 0.1) is 29.0 Å². The molecule has 0 N–H and O–H groups in total. The normalized spacial score (nSPS) is 15.4. The molecule has 1 spiro atoms. The molecule has 0 bridgehead atoms. The van der Waals surface area contributed by atoms with Crippen LogP contribution in [0.3, 0.4) is 0 Å². The Morgan fingerprint density at radius 1 is 0.359 bits per heavy atom. The Labute approximate surface area is 380 Å². The van der Waals surface area contributed by atoms with Crippen LogP contribution < -0.4 is 9.80 Å². The van der Waals surface area contributed by atoms with E-state index in [1.165, 1.54) is 0 Å². The largest absolute Gasteiger partial charge is 0.310 e. The lowest BCUT2D eigenvalue weighted by atomic mass is 9.70. The number of benzene rings is 10. The van der Waals surface area contributed by atoms with Gasteiger partial charge in [0.2, 0.25) is 0 Å². The maximum atomic E-state index is 9.57. The molecular weight excluding hydrogens is 775 g/mol. The van der Waals surface area contributed by atoms with Gasteiger partial charge in [-0.2, -0.15) is 0 Å². The Balaban J connectivity index is 1.12. The second kappa shape index (κ2) is 14.3. The number of aromatic nitrogens is 1. The summed E-state index contributed by atoms with van der Waals surface area (Å²) in [7, 11) is 0. The van der Waals surface area contributed by atoms with Crippen LogP contribution in [0, 0.1) is 0 Å². The molecule has 0 radical (unpaired) electrons. The number of nitrogens with zero attached hydrogens (tertiary/aromatic N) is 3. The monoisotopic (exact) mass is 820 g/mol. The average molecular weight is 821 g/mol. The van der Waals surface area contributed by atoms with E-state index in [-0.39, 0.29) is 17.8 Å². The Morgan fingerprint density at radius 2 is 0.859 bits per heavy atom. The third-order valence-corrected chi connectivity index (χ3v) is 13.2. The average Bonchev–Trinajstić information content (AvgIpc) is 4.01. The molecule has 64 heavy (non-hydrogen) atoms. The highest BCUT2D eigenvalue weighted by molar-refractivity contribution is 6.16. The first-order chi connectivity index (χ1) is 33.9. The first-order valence-corrected chi connectivity index (χ1v) is 21.7. The van der Waals surface area contributed by atoms with E-state index in [9.17, 15) is 2.74 Å². The molecule has 3 nitrogen and oxygen atoms in total. The van der Waals surface area contributed by atoms with E-state index in [1.807, 2.05) is 59.5 Å². The molecule has 1 unspecified atom stereocenters. The maximum Gasteiger partial charge on any atom is 0.0727 e. The minimum atomic E-state index is -0.788. The van der Waals surface area contributed by atoms with Gasteiger partial charge >= 0.3 is 0 Å². The minimum absolute atomic E-state index is 0.0745. The van der Waals surface area contributed by atoms with Crippen LogP contribution in [-0.2, 0) is 5.41 Å². The smallest absolute Gasteiger partial charge is 0.0727 e. The van der Waals surface area contributed by atoms with Crippen molar-refractivity contribution in [3.63, 3.8) is 0 Å². The van der Waals surface area contributed by atoms with E-state index >= 15 is 0 Å². The first-order valence-electron chi connectivity index (χ1n) is 24.2. The second-order valence-corrected chi connectivity index (χ2v) is 16.5. The van der Waals surface area contributed by atoms with Gasteiger partial charge in [-0.25, -0.2) is 0 Å². The molecule has 2 aliphatic rings. The topological polar surface area (TPSA) is 11.4 Å². The molecule has 1 atom stereocenters. The van der Waals surface area contributed by atoms with E-state index in [0.29, 0.717) is 11.4 Å². The number of anilines is 6. The summed E-state index contributed by atoms with van der Waals surface area (Å²) >= 11 is 0. The number of rotatable bonds is 7. The van der Waals surface area contributed by atoms with Crippen LogP contribution in [0.2, 0.25) is 0 Å². The van der Waals surface area contributed by atoms with Crippen molar-refractivity contribution in [2.45, 2.75) is 5.41 Å². The van der Waals surface area contributed by atoms with Crippen LogP contribution in [0.1, 0.15) is 29.1 Å². The van der Waals surface area contributed by atoms with Gasteiger partial charge in [-0.15, -0.1) is 0 Å². The van der Waals surface area contributed by atoms with Crippen molar-refractivity contribution >= 4 is 55.9 Å². The summed E-state index contributed by atoms with van der Waals surface area (Å²) in [6.07, 6.45) is 0. The van der Waals surface area contributed by atoms with Crippen LogP contribution in [0.4, 0.5) is 34.1 Å². The van der Waals surface area contributed by atoms with E-state index in [4.69, 9.17) is 4.11 Å². The highest BCUT2D eigenvalue weighted by atomic mass is 15.2. The predicted octanol–water partition coefficient (Wildman–Crippen LogP) is 16.1. The first kappa shape index (κ1) is 31.4. The van der Waals surface area contributed by atoms with Crippen molar-refractivity contribution in [2.24, 2.45) is 0 Å². The molecule has 13 rings (SSSR count). The molecule has 11 aromatic rings. The molecule has 1 heterocycles. The molecule has 3 heteroatoms.